The summed E-state index contributed by atoms with van der Waals surface area (Å²) in [6.07, 6.45) is 2.44. The fraction of sp³-hybridized carbons (Fsp3) is 0.0909. The van der Waals surface area contributed by atoms with Gasteiger partial charge in [-0.2, -0.15) is 0 Å². The largest absolute Gasteiger partial charge is 0.484 e. The monoisotopic (exact) mass is 408 g/mol. The molecule has 1 aromatic heterocycles. The molecular formula is C22H17ClN2O2S. The lowest BCUT2D eigenvalue weighted by atomic mass is 10.1. The Balaban J connectivity index is 1.33. The second-order valence-corrected chi connectivity index (χ2v) is 7.77. The maximum absolute atomic E-state index is 12.2. The van der Waals surface area contributed by atoms with E-state index in [9.17, 15) is 4.79 Å². The van der Waals surface area contributed by atoms with Crippen LogP contribution in [0.1, 0.15) is 10.4 Å². The molecule has 0 spiro atoms. The van der Waals surface area contributed by atoms with E-state index in [2.05, 4.69) is 10.3 Å². The molecule has 0 saturated heterocycles. The Morgan fingerprint density at radius 1 is 1.04 bits per heavy atom. The van der Waals surface area contributed by atoms with Gasteiger partial charge in [0.1, 0.15) is 5.75 Å². The number of fused-ring (bicyclic) bond motifs is 1. The Bertz CT molecular complexity index is 1130. The Hall–Kier alpha value is -2.89. The lowest BCUT2D eigenvalue weighted by Crippen LogP contribution is -2.19. The van der Waals surface area contributed by atoms with Crippen molar-refractivity contribution in [2.45, 2.75) is 6.42 Å². The number of hydrogen-bond acceptors (Lipinski definition) is 4. The molecule has 0 bridgehead atoms. The van der Waals surface area contributed by atoms with Crippen LogP contribution in [0.15, 0.2) is 72.9 Å². The van der Waals surface area contributed by atoms with Crippen LogP contribution in [0, 0.1) is 0 Å². The summed E-state index contributed by atoms with van der Waals surface area (Å²) in [5.74, 6) is 0.416. The molecule has 0 aliphatic rings. The van der Waals surface area contributed by atoms with E-state index in [1.165, 1.54) is 11.3 Å². The minimum absolute atomic E-state index is 0.0717. The van der Waals surface area contributed by atoms with Gasteiger partial charge >= 0.3 is 0 Å². The van der Waals surface area contributed by atoms with Crippen molar-refractivity contribution in [3.05, 3.63) is 88.4 Å². The number of nitrogens with one attached hydrogen (secondary N) is 1. The summed E-state index contributed by atoms with van der Waals surface area (Å²) < 4.78 is 5.61. The smallest absolute Gasteiger partial charge is 0.264 e. The number of ether oxygens (including phenoxy) is 1. The van der Waals surface area contributed by atoms with Crippen molar-refractivity contribution in [2.75, 3.05) is 11.9 Å². The first-order chi connectivity index (χ1) is 13.7. The van der Waals surface area contributed by atoms with Crippen molar-refractivity contribution < 1.29 is 9.53 Å². The van der Waals surface area contributed by atoms with E-state index in [0.29, 0.717) is 17.3 Å². The van der Waals surface area contributed by atoms with Crippen molar-refractivity contribution in [1.29, 1.82) is 0 Å². The summed E-state index contributed by atoms with van der Waals surface area (Å²) in [6, 6.07) is 21.5. The second-order valence-electron chi connectivity index (χ2n) is 6.25. The number of amides is 1. The van der Waals surface area contributed by atoms with Crippen molar-refractivity contribution in [3.8, 4) is 5.75 Å². The summed E-state index contributed by atoms with van der Waals surface area (Å²) in [4.78, 5) is 17.5. The number of carbonyl (C=O) groups is 1. The molecule has 6 heteroatoms. The third-order valence-electron chi connectivity index (χ3n) is 4.21. The Morgan fingerprint density at radius 3 is 2.68 bits per heavy atom. The molecule has 4 rings (SSSR count). The Morgan fingerprint density at radius 2 is 1.82 bits per heavy atom. The highest BCUT2D eigenvalue weighted by Gasteiger charge is 2.09. The van der Waals surface area contributed by atoms with Crippen LogP contribution < -0.4 is 10.1 Å². The molecule has 28 heavy (non-hydrogen) atoms. The predicted octanol–water partition coefficient (Wildman–Crippen LogP) is 5.56. The summed E-state index contributed by atoms with van der Waals surface area (Å²) in [5.41, 5.74) is 1.03. The molecule has 0 aliphatic heterocycles. The molecule has 1 N–H and O–H groups in total. The van der Waals surface area contributed by atoms with Crippen molar-refractivity contribution in [2.24, 2.45) is 0 Å². The number of rotatable bonds is 6. The van der Waals surface area contributed by atoms with Crippen LogP contribution >= 0.6 is 22.9 Å². The molecule has 1 heterocycles. The fourth-order valence-corrected chi connectivity index (χ4v) is 3.89. The number of carbonyl (C=O) groups excluding carboxylic acids is 1. The van der Waals surface area contributed by atoms with Gasteiger partial charge in [-0.15, -0.1) is 11.3 Å². The number of hydrogen-bond donors (Lipinski definition) is 1. The quantitative estimate of drug-likeness (QED) is 0.454. The highest BCUT2D eigenvalue weighted by Crippen LogP contribution is 2.25. The lowest BCUT2D eigenvalue weighted by molar-refractivity contribution is -0.118. The number of anilines is 1. The average Bonchev–Trinajstić information content (AvgIpc) is 3.15. The molecule has 0 unspecified atom stereocenters. The van der Waals surface area contributed by atoms with E-state index in [0.717, 1.165) is 26.2 Å². The van der Waals surface area contributed by atoms with Crippen molar-refractivity contribution in [3.63, 3.8) is 0 Å². The number of halogens is 1. The molecule has 0 aliphatic carbocycles. The predicted molar refractivity (Wildman–Crippen MR) is 114 cm³/mol. The van der Waals surface area contributed by atoms with E-state index in [1.807, 2.05) is 66.7 Å². The minimum Gasteiger partial charge on any atom is -0.484 e. The maximum Gasteiger partial charge on any atom is 0.264 e. The van der Waals surface area contributed by atoms with E-state index >= 15 is 0 Å². The molecule has 0 saturated carbocycles. The lowest BCUT2D eigenvalue weighted by Gasteiger charge is -2.07. The van der Waals surface area contributed by atoms with E-state index in [4.69, 9.17) is 16.3 Å². The highest BCUT2D eigenvalue weighted by atomic mass is 35.5. The van der Waals surface area contributed by atoms with Gasteiger partial charge in [0, 0.05) is 22.5 Å². The summed E-state index contributed by atoms with van der Waals surface area (Å²) in [5, 5.41) is 6.26. The molecule has 0 radical (unpaired) electrons. The molecule has 0 atom stereocenters. The normalized spacial score (nSPS) is 10.8. The van der Waals surface area contributed by atoms with Crippen LogP contribution in [0.3, 0.4) is 0 Å². The van der Waals surface area contributed by atoms with Crippen LogP contribution in [0.25, 0.3) is 10.8 Å². The van der Waals surface area contributed by atoms with Gasteiger partial charge in [0.2, 0.25) is 0 Å². The van der Waals surface area contributed by atoms with Crippen LogP contribution in [-0.4, -0.2) is 17.5 Å². The van der Waals surface area contributed by atoms with E-state index in [-0.39, 0.29) is 12.5 Å². The fourth-order valence-electron chi connectivity index (χ4n) is 2.84. The Labute approximate surface area is 171 Å². The zero-order chi connectivity index (χ0) is 19.3. The first-order valence-electron chi connectivity index (χ1n) is 8.77. The highest BCUT2D eigenvalue weighted by molar-refractivity contribution is 7.15. The molecule has 3 aromatic carbocycles. The molecular weight excluding hydrogens is 392 g/mol. The molecule has 0 fully saturated rings. The first kappa shape index (κ1) is 18.5. The van der Waals surface area contributed by atoms with Gasteiger partial charge in [0.25, 0.3) is 5.91 Å². The molecule has 1 amide bonds. The van der Waals surface area contributed by atoms with Crippen LogP contribution in [-0.2, 0) is 11.2 Å². The van der Waals surface area contributed by atoms with Crippen LogP contribution in [0.5, 0.6) is 5.75 Å². The summed E-state index contributed by atoms with van der Waals surface area (Å²) >= 11 is 7.63. The number of nitrogens with zero attached hydrogens (tertiary/aromatic N) is 1. The van der Waals surface area contributed by atoms with Crippen molar-refractivity contribution >= 4 is 44.7 Å². The van der Waals surface area contributed by atoms with Crippen LogP contribution in [0.4, 0.5) is 5.13 Å². The van der Waals surface area contributed by atoms with Gasteiger partial charge in [-0.3, -0.25) is 10.1 Å². The number of aromatic nitrogens is 1. The van der Waals surface area contributed by atoms with Gasteiger partial charge in [0.05, 0.1) is 0 Å². The summed E-state index contributed by atoms with van der Waals surface area (Å²) in [6.45, 7) is -0.0717. The third kappa shape index (κ3) is 4.50. The SMILES string of the molecule is O=C(COc1ccc2ccccc2c1)Nc1ncc(Cc2ccccc2Cl)s1. The van der Waals surface area contributed by atoms with Gasteiger partial charge in [-0.25, -0.2) is 4.98 Å². The maximum atomic E-state index is 12.2. The van der Waals surface area contributed by atoms with Crippen LogP contribution in [0.2, 0.25) is 5.02 Å². The number of thiazole rings is 1. The first-order valence-corrected chi connectivity index (χ1v) is 9.96. The minimum atomic E-state index is -0.244. The van der Waals surface area contributed by atoms with Gasteiger partial charge in [0.15, 0.2) is 11.7 Å². The second kappa shape index (κ2) is 8.42. The van der Waals surface area contributed by atoms with E-state index in [1.54, 1.807) is 6.20 Å². The standard InChI is InChI=1S/C22H17ClN2O2S/c23-20-8-4-3-7-17(20)12-19-13-24-22(28-19)25-21(26)14-27-18-10-9-15-5-1-2-6-16(15)11-18/h1-11,13H,12,14H2,(H,24,25,26). The third-order valence-corrected chi connectivity index (χ3v) is 5.49. The average molecular weight is 409 g/mol. The molecule has 140 valence electrons. The van der Waals surface area contributed by atoms with E-state index < -0.39 is 0 Å². The van der Waals surface area contributed by atoms with Gasteiger partial charge < -0.3 is 4.74 Å². The van der Waals surface area contributed by atoms with Gasteiger partial charge in [-0.05, 0) is 34.5 Å². The Kier molecular flexibility index (Phi) is 5.55. The zero-order valence-corrected chi connectivity index (χ0v) is 16.5. The molecule has 4 nitrogen and oxygen atoms in total. The zero-order valence-electron chi connectivity index (χ0n) is 14.9. The topological polar surface area (TPSA) is 51.2 Å². The molecule has 4 aromatic rings. The summed E-state index contributed by atoms with van der Waals surface area (Å²) in [7, 11) is 0. The van der Waals surface area contributed by atoms with Gasteiger partial charge in [-0.1, -0.05) is 60.1 Å². The number of benzene rings is 3. The van der Waals surface area contributed by atoms with Crippen molar-refractivity contribution in [1.82, 2.24) is 4.98 Å².